The molecule has 0 aliphatic heterocycles. The number of hydrogen-bond donors (Lipinski definition) is 1. The Labute approximate surface area is 122 Å². The lowest BCUT2D eigenvalue weighted by Gasteiger charge is -2.10. The second kappa shape index (κ2) is 6.10. The number of nitro groups is 1. The Morgan fingerprint density at radius 1 is 1.32 bits per heavy atom. The van der Waals surface area contributed by atoms with Crippen LogP contribution in [0.15, 0.2) is 30.6 Å². The van der Waals surface area contributed by atoms with Crippen LogP contribution in [0.4, 0.5) is 19.1 Å². The van der Waals surface area contributed by atoms with E-state index in [1.54, 1.807) is 0 Å². The van der Waals surface area contributed by atoms with Gasteiger partial charge in [0.1, 0.15) is 0 Å². The van der Waals surface area contributed by atoms with Gasteiger partial charge in [-0.3, -0.25) is 0 Å². The molecule has 10 heteroatoms. The van der Waals surface area contributed by atoms with E-state index in [-0.39, 0.29) is 13.0 Å². The summed E-state index contributed by atoms with van der Waals surface area (Å²) in [5, 5.41) is 23.8. The summed E-state index contributed by atoms with van der Waals surface area (Å²) in [5.41, 5.74) is -0.257. The first-order valence-corrected chi connectivity index (χ1v) is 6.14. The molecular formula is C12H11F3N4O3. The summed E-state index contributed by atoms with van der Waals surface area (Å²) in [5.74, 6) is -0.582. The van der Waals surface area contributed by atoms with Crippen molar-refractivity contribution >= 4 is 5.95 Å². The molecule has 1 unspecified atom stereocenters. The number of alkyl halides is 3. The molecule has 118 valence electrons. The Bertz CT molecular complexity index is 654. The lowest BCUT2D eigenvalue weighted by Crippen LogP contribution is -2.19. The first-order chi connectivity index (χ1) is 10.3. The second-order valence-corrected chi connectivity index (χ2v) is 4.58. The average Bonchev–Trinajstić information content (AvgIpc) is 2.86. The standard InChI is InChI=1S/C12H11F3N4O3/c13-12(14,15)9-3-1-8(2-4-9)5-10(20)6-18-7-16-11(17-18)19(21)22/h1-4,7,10,20H,5-6H2. The third kappa shape index (κ3) is 4.01. The molecule has 0 aliphatic carbocycles. The third-order valence-corrected chi connectivity index (χ3v) is 2.84. The fourth-order valence-electron chi connectivity index (χ4n) is 1.84. The fraction of sp³-hybridized carbons (Fsp3) is 0.333. The number of rotatable bonds is 5. The van der Waals surface area contributed by atoms with E-state index in [4.69, 9.17) is 0 Å². The van der Waals surface area contributed by atoms with Crippen LogP contribution >= 0.6 is 0 Å². The predicted octanol–water partition coefficient (Wildman–Crippen LogP) is 1.81. The average molecular weight is 316 g/mol. The van der Waals surface area contributed by atoms with Crippen molar-refractivity contribution in [2.24, 2.45) is 0 Å². The first-order valence-electron chi connectivity index (χ1n) is 6.14. The van der Waals surface area contributed by atoms with Crippen molar-refractivity contribution in [3.05, 3.63) is 51.8 Å². The summed E-state index contributed by atoms with van der Waals surface area (Å²) in [6, 6.07) is 4.41. The van der Waals surface area contributed by atoms with Crippen molar-refractivity contribution in [2.75, 3.05) is 0 Å². The monoisotopic (exact) mass is 316 g/mol. The van der Waals surface area contributed by atoms with Gasteiger partial charge in [-0.2, -0.15) is 17.9 Å². The highest BCUT2D eigenvalue weighted by molar-refractivity contribution is 5.25. The molecule has 0 spiro atoms. The van der Waals surface area contributed by atoms with Crippen molar-refractivity contribution in [1.82, 2.24) is 14.8 Å². The number of benzene rings is 1. The van der Waals surface area contributed by atoms with Gasteiger partial charge in [0, 0.05) is 11.5 Å². The molecule has 0 saturated heterocycles. The van der Waals surface area contributed by atoms with Crippen LogP contribution in [0.2, 0.25) is 0 Å². The van der Waals surface area contributed by atoms with E-state index < -0.39 is 28.7 Å². The molecule has 2 rings (SSSR count). The van der Waals surface area contributed by atoms with E-state index in [2.05, 4.69) is 10.1 Å². The first kappa shape index (κ1) is 15.9. The van der Waals surface area contributed by atoms with Crippen LogP contribution in [-0.2, 0) is 19.1 Å². The summed E-state index contributed by atoms with van der Waals surface area (Å²) in [7, 11) is 0. The minimum atomic E-state index is -4.41. The minimum Gasteiger partial charge on any atom is -0.391 e. The van der Waals surface area contributed by atoms with Crippen LogP contribution in [0.1, 0.15) is 11.1 Å². The lowest BCUT2D eigenvalue weighted by molar-refractivity contribution is -0.394. The Morgan fingerprint density at radius 3 is 2.45 bits per heavy atom. The van der Waals surface area contributed by atoms with Gasteiger partial charge >= 0.3 is 12.1 Å². The van der Waals surface area contributed by atoms with E-state index in [9.17, 15) is 28.4 Å². The number of aromatic nitrogens is 3. The predicted molar refractivity (Wildman–Crippen MR) is 67.8 cm³/mol. The molecule has 1 heterocycles. The maximum Gasteiger partial charge on any atom is 0.490 e. The van der Waals surface area contributed by atoms with Crippen LogP contribution in [0.3, 0.4) is 0 Å². The summed E-state index contributed by atoms with van der Waals surface area (Å²) in [6.07, 6.45) is -4.17. The van der Waals surface area contributed by atoms with Gasteiger partial charge in [0.25, 0.3) is 0 Å². The van der Waals surface area contributed by atoms with E-state index in [1.807, 2.05) is 0 Å². The molecule has 1 atom stereocenters. The van der Waals surface area contributed by atoms with E-state index in [0.717, 1.165) is 23.1 Å². The van der Waals surface area contributed by atoms with Gasteiger partial charge in [0.15, 0.2) is 0 Å². The van der Waals surface area contributed by atoms with Crippen LogP contribution < -0.4 is 0 Å². The summed E-state index contributed by atoms with van der Waals surface area (Å²) in [6.45, 7) is -0.0537. The Hall–Kier alpha value is -2.49. The second-order valence-electron chi connectivity index (χ2n) is 4.58. The quantitative estimate of drug-likeness (QED) is 0.670. The normalized spacial score (nSPS) is 13.1. The number of aliphatic hydroxyl groups excluding tert-OH is 1. The van der Waals surface area contributed by atoms with E-state index in [0.29, 0.717) is 5.56 Å². The van der Waals surface area contributed by atoms with Crippen molar-refractivity contribution in [2.45, 2.75) is 25.2 Å². The highest BCUT2D eigenvalue weighted by Gasteiger charge is 2.30. The number of halogens is 3. The molecule has 1 aromatic carbocycles. The SMILES string of the molecule is O=[N+]([O-])c1ncn(CC(O)Cc2ccc(C(F)(F)F)cc2)n1. The summed E-state index contributed by atoms with van der Waals surface area (Å²) < 4.78 is 38.3. The third-order valence-electron chi connectivity index (χ3n) is 2.84. The number of nitrogens with zero attached hydrogens (tertiary/aromatic N) is 4. The van der Waals surface area contributed by atoms with Crippen molar-refractivity contribution in [3.63, 3.8) is 0 Å². The zero-order chi connectivity index (χ0) is 16.3. The van der Waals surface area contributed by atoms with Crippen LogP contribution in [0, 0.1) is 10.1 Å². The maximum absolute atomic E-state index is 12.4. The molecule has 1 aromatic heterocycles. The molecule has 22 heavy (non-hydrogen) atoms. The van der Waals surface area contributed by atoms with Gasteiger partial charge in [0.2, 0.25) is 6.33 Å². The largest absolute Gasteiger partial charge is 0.490 e. The Balaban J connectivity index is 1.96. The highest BCUT2D eigenvalue weighted by Crippen LogP contribution is 2.29. The summed E-state index contributed by atoms with van der Waals surface area (Å²) in [4.78, 5) is 13.1. The lowest BCUT2D eigenvalue weighted by atomic mass is 10.1. The summed E-state index contributed by atoms with van der Waals surface area (Å²) >= 11 is 0. The van der Waals surface area contributed by atoms with E-state index in [1.165, 1.54) is 12.1 Å². The molecule has 0 fully saturated rings. The topological polar surface area (TPSA) is 94.1 Å². The van der Waals surface area contributed by atoms with Crippen molar-refractivity contribution < 1.29 is 23.2 Å². The van der Waals surface area contributed by atoms with Crippen molar-refractivity contribution in [1.29, 1.82) is 0 Å². The molecule has 0 saturated carbocycles. The highest BCUT2D eigenvalue weighted by atomic mass is 19.4. The van der Waals surface area contributed by atoms with Gasteiger partial charge in [-0.05, 0) is 22.6 Å². The molecule has 1 N–H and O–H groups in total. The van der Waals surface area contributed by atoms with Gasteiger partial charge < -0.3 is 15.2 Å². The van der Waals surface area contributed by atoms with Gasteiger partial charge in [-0.1, -0.05) is 17.1 Å². The number of aliphatic hydroxyl groups is 1. The van der Waals surface area contributed by atoms with Crippen LogP contribution in [0.25, 0.3) is 0 Å². The molecule has 7 nitrogen and oxygen atoms in total. The smallest absolute Gasteiger partial charge is 0.391 e. The molecule has 0 aliphatic rings. The molecule has 0 bridgehead atoms. The van der Waals surface area contributed by atoms with E-state index >= 15 is 0 Å². The number of hydrogen-bond acceptors (Lipinski definition) is 5. The molecular weight excluding hydrogens is 305 g/mol. The molecule has 0 radical (unpaired) electrons. The molecule has 2 aromatic rings. The van der Waals surface area contributed by atoms with Crippen molar-refractivity contribution in [3.8, 4) is 0 Å². The van der Waals surface area contributed by atoms with Gasteiger partial charge in [-0.25, -0.2) is 0 Å². The molecule has 0 amide bonds. The Kier molecular flexibility index (Phi) is 4.40. The zero-order valence-corrected chi connectivity index (χ0v) is 11.1. The van der Waals surface area contributed by atoms with Crippen LogP contribution in [-0.4, -0.2) is 30.9 Å². The zero-order valence-electron chi connectivity index (χ0n) is 11.1. The van der Waals surface area contributed by atoms with Gasteiger partial charge in [0.05, 0.1) is 18.2 Å². The minimum absolute atomic E-state index is 0.0537. The Morgan fingerprint density at radius 2 is 1.95 bits per heavy atom. The maximum atomic E-state index is 12.4. The van der Waals surface area contributed by atoms with Crippen LogP contribution in [0.5, 0.6) is 0 Å². The van der Waals surface area contributed by atoms with Gasteiger partial charge in [-0.15, -0.1) is 0 Å². The fourth-order valence-corrected chi connectivity index (χ4v) is 1.84.